The second-order valence-electron chi connectivity index (χ2n) is 4.92. The Balaban J connectivity index is 2.36. The highest BCUT2D eigenvalue weighted by molar-refractivity contribution is 7.19. The lowest BCUT2D eigenvalue weighted by Gasteiger charge is -2.25. The van der Waals surface area contributed by atoms with Crippen molar-refractivity contribution in [2.24, 2.45) is 5.41 Å². The molecule has 2 rings (SSSR count). The van der Waals surface area contributed by atoms with Crippen LogP contribution in [0.15, 0.2) is 30.3 Å². The van der Waals surface area contributed by atoms with Crippen LogP contribution in [0.5, 0.6) is 0 Å². The summed E-state index contributed by atoms with van der Waals surface area (Å²) in [5.41, 5.74) is -1.09. The summed E-state index contributed by atoms with van der Waals surface area (Å²) in [6.07, 6.45) is 0.395. The first-order chi connectivity index (χ1) is 9.51. The van der Waals surface area contributed by atoms with Crippen molar-refractivity contribution in [3.05, 3.63) is 35.2 Å². The van der Waals surface area contributed by atoms with Crippen LogP contribution in [0.2, 0.25) is 0 Å². The minimum absolute atomic E-state index is 0.269. The molecule has 20 heavy (non-hydrogen) atoms. The SMILES string of the molecule is CNC(=O)C(C)(Cc1cc2ccccc2s1)C(=O)NC. The molecule has 1 heterocycles. The highest BCUT2D eigenvalue weighted by Crippen LogP contribution is 2.31. The van der Waals surface area contributed by atoms with E-state index in [1.807, 2.05) is 30.3 Å². The third kappa shape index (κ3) is 2.54. The van der Waals surface area contributed by atoms with Gasteiger partial charge in [0.25, 0.3) is 0 Å². The Morgan fingerprint density at radius 2 is 1.75 bits per heavy atom. The van der Waals surface area contributed by atoms with E-state index in [-0.39, 0.29) is 11.8 Å². The molecular weight excluding hydrogens is 272 g/mol. The maximum absolute atomic E-state index is 12.1. The predicted molar refractivity (Wildman–Crippen MR) is 81.8 cm³/mol. The van der Waals surface area contributed by atoms with Crippen molar-refractivity contribution in [1.82, 2.24) is 10.6 Å². The van der Waals surface area contributed by atoms with Crippen LogP contribution < -0.4 is 10.6 Å². The summed E-state index contributed by atoms with van der Waals surface area (Å²) in [4.78, 5) is 25.2. The van der Waals surface area contributed by atoms with Gasteiger partial charge in [0.1, 0.15) is 5.41 Å². The van der Waals surface area contributed by atoms with E-state index >= 15 is 0 Å². The number of fused-ring (bicyclic) bond motifs is 1. The zero-order valence-corrected chi connectivity index (χ0v) is 12.6. The lowest BCUT2D eigenvalue weighted by atomic mass is 9.84. The van der Waals surface area contributed by atoms with E-state index in [4.69, 9.17) is 0 Å². The molecule has 0 aliphatic rings. The van der Waals surface area contributed by atoms with Gasteiger partial charge in [-0.25, -0.2) is 0 Å². The molecule has 106 valence electrons. The Labute approximate surface area is 122 Å². The summed E-state index contributed by atoms with van der Waals surface area (Å²) in [6, 6.07) is 10.1. The smallest absolute Gasteiger partial charge is 0.235 e. The first kappa shape index (κ1) is 14.5. The minimum atomic E-state index is -1.09. The normalized spacial score (nSPS) is 11.3. The maximum Gasteiger partial charge on any atom is 0.235 e. The molecule has 2 amide bonds. The van der Waals surface area contributed by atoms with E-state index in [0.29, 0.717) is 6.42 Å². The van der Waals surface area contributed by atoms with Crippen LogP contribution >= 0.6 is 11.3 Å². The van der Waals surface area contributed by atoms with Gasteiger partial charge in [-0.05, 0) is 24.4 Å². The lowest BCUT2D eigenvalue weighted by Crippen LogP contribution is -2.49. The van der Waals surface area contributed by atoms with E-state index in [2.05, 4.69) is 10.6 Å². The van der Waals surface area contributed by atoms with Gasteiger partial charge in [0.15, 0.2) is 0 Å². The predicted octanol–water partition coefficient (Wildman–Crippen LogP) is 1.94. The average molecular weight is 290 g/mol. The lowest BCUT2D eigenvalue weighted by molar-refractivity contribution is -0.141. The van der Waals surface area contributed by atoms with Gasteiger partial charge in [-0.15, -0.1) is 11.3 Å². The fraction of sp³-hybridized carbons (Fsp3) is 0.333. The van der Waals surface area contributed by atoms with Crippen LogP contribution in [0, 0.1) is 5.41 Å². The van der Waals surface area contributed by atoms with E-state index < -0.39 is 5.41 Å². The van der Waals surface area contributed by atoms with Gasteiger partial charge in [-0.3, -0.25) is 9.59 Å². The second-order valence-corrected chi connectivity index (χ2v) is 6.09. The van der Waals surface area contributed by atoms with Gasteiger partial charge in [-0.2, -0.15) is 0 Å². The van der Waals surface area contributed by atoms with E-state index in [1.165, 1.54) is 4.70 Å². The van der Waals surface area contributed by atoms with E-state index in [9.17, 15) is 9.59 Å². The molecule has 0 aliphatic carbocycles. The Morgan fingerprint density at radius 1 is 1.15 bits per heavy atom. The molecule has 5 heteroatoms. The number of carbonyl (C=O) groups excluding carboxylic acids is 2. The number of rotatable bonds is 4. The minimum Gasteiger partial charge on any atom is -0.358 e. The van der Waals surface area contributed by atoms with Crippen LogP contribution in [0.25, 0.3) is 10.1 Å². The molecule has 0 spiro atoms. The zero-order valence-electron chi connectivity index (χ0n) is 11.8. The molecule has 0 atom stereocenters. The molecule has 0 fully saturated rings. The largest absolute Gasteiger partial charge is 0.358 e. The third-order valence-electron chi connectivity index (χ3n) is 3.46. The highest BCUT2D eigenvalue weighted by atomic mass is 32.1. The van der Waals surface area contributed by atoms with E-state index in [1.54, 1.807) is 32.4 Å². The van der Waals surface area contributed by atoms with Crippen molar-refractivity contribution in [1.29, 1.82) is 0 Å². The van der Waals surface area contributed by atoms with Gasteiger partial charge in [0.2, 0.25) is 11.8 Å². The summed E-state index contributed by atoms with van der Waals surface area (Å²) >= 11 is 1.62. The van der Waals surface area contributed by atoms with Crippen LogP contribution in [0.4, 0.5) is 0 Å². The van der Waals surface area contributed by atoms with Gasteiger partial charge in [0, 0.05) is 30.1 Å². The molecule has 4 nitrogen and oxygen atoms in total. The van der Waals surface area contributed by atoms with Gasteiger partial charge < -0.3 is 10.6 Å². The first-order valence-electron chi connectivity index (χ1n) is 6.43. The fourth-order valence-electron chi connectivity index (χ4n) is 2.29. The Bertz CT molecular complexity index is 599. The van der Waals surface area contributed by atoms with E-state index in [0.717, 1.165) is 10.3 Å². The zero-order chi connectivity index (χ0) is 14.8. The number of nitrogens with one attached hydrogen (secondary N) is 2. The van der Waals surface area contributed by atoms with Crippen LogP contribution in [0.1, 0.15) is 11.8 Å². The standard InChI is InChI=1S/C15H18N2O2S/c1-15(13(18)16-2,14(19)17-3)9-11-8-10-6-4-5-7-12(10)20-11/h4-8H,9H2,1-3H3,(H,16,18)(H,17,19). The second kappa shape index (κ2) is 5.63. The van der Waals surface area contributed by atoms with Gasteiger partial charge in [-0.1, -0.05) is 18.2 Å². The van der Waals surface area contributed by atoms with Crippen molar-refractivity contribution in [3.8, 4) is 0 Å². The number of benzene rings is 1. The summed E-state index contributed by atoms with van der Waals surface area (Å²) in [5, 5.41) is 6.30. The van der Waals surface area contributed by atoms with Crippen LogP contribution in [0.3, 0.4) is 0 Å². The molecule has 1 aromatic heterocycles. The van der Waals surface area contributed by atoms with Crippen LogP contribution in [-0.2, 0) is 16.0 Å². The van der Waals surface area contributed by atoms with Crippen LogP contribution in [-0.4, -0.2) is 25.9 Å². The highest BCUT2D eigenvalue weighted by Gasteiger charge is 2.40. The third-order valence-corrected chi connectivity index (χ3v) is 4.58. The van der Waals surface area contributed by atoms with Crippen molar-refractivity contribution in [3.63, 3.8) is 0 Å². The van der Waals surface area contributed by atoms with Crippen molar-refractivity contribution in [2.75, 3.05) is 14.1 Å². The summed E-state index contributed by atoms with van der Waals surface area (Å²) in [5.74, 6) is -0.538. The maximum atomic E-state index is 12.1. The van der Waals surface area contributed by atoms with Crippen molar-refractivity contribution < 1.29 is 9.59 Å². The summed E-state index contributed by atoms with van der Waals surface area (Å²) in [7, 11) is 3.10. The molecule has 0 bridgehead atoms. The molecule has 0 aliphatic heterocycles. The number of thiophene rings is 1. The molecule has 2 aromatic rings. The summed E-state index contributed by atoms with van der Waals surface area (Å²) in [6.45, 7) is 1.68. The Kier molecular flexibility index (Phi) is 4.09. The van der Waals surface area contributed by atoms with Gasteiger partial charge >= 0.3 is 0 Å². The number of amides is 2. The Hall–Kier alpha value is -1.88. The topological polar surface area (TPSA) is 58.2 Å². The molecule has 2 N–H and O–H groups in total. The molecule has 1 aromatic carbocycles. The number of hydrogen-bond donors (Lipinski definition) is 2. The number of carbonyl (C=O) groups is 2. The van der Waals surface area contributed by atoms with Gasteiger partial charge in [0.05, 0.1) is 0 Å². The van der Waals surface area contributed by atoms with Crippen molar-refractivity contribution >= 4 is 33.2 Å². The molecule has 0 saturated carbocycles. The number of hydrogen-bond acceptors (Lipinski definition) is 3. The summed E-state index contributed by atoms with van der Waals surface area (Å²) < 4.78 is 1.17. The average Bonchev–Trinajstić information content (AvgIpc) is 2.86. The monoisotopic (exact) mass is 290 g/mol. The first-order valence-corrected chi connectivity index (χ1v) is 7.24. The molecule has 0 unspecified atom stereocenters. The van der Waals surface area contributed by atoms with Crippen molar-refractivity contribution in [2.45, 2.75) is 13.3 Å². The Morgan fingerprint density at radius 3 is 2.30 bits per heavy atom. The quantitative estimate of drug-likeness (QED) is 0.846. The molecular formula is C15H18N2O2S. The molecule has 0 saturated heterocycles. The fourth-order valence-corrected chi connectivity index (χ4v) is 3.51. The molecule has 0 radical (unpaired) electrons.